The number of aryl methyl sites for hydroxylation is 1. The van der Waals surface area contributed by atoms with Crippen LogP contribution in [-0.2, 0) is 0 Å². The maximum absolute atomic E-state index is 11.8. The summed E-state index contributed by atoms with van der Waals surface area (Å²) in [5, 5.41) is 2.94. The first-order valence-corrected chi connectivity index (χ1v) is 6.37. The van der Waals surface area contributed by atoms with Crippen LogP contribution < -0.4 is 5.32 Å². The molecule has 0 aromatic heterocycles. The van der Waals surface area contributed by atoms with Crippen LogP contribution in [0.2, 0.25) is 0 Å². The second-order valence-electron chi connectivity index (χ2n) is 3.18. The van der Waals surface area contributed by atoms with Gasteiger partial charge in [-0.15, -0.1) is 0 Å². The third-order valence-corrected chi connectivity index (χ3v) is 3.48. The van der Waals surface area contributed by atoms with Gasteiger partial charge in [-0.1, -0.05) is 15.9 Å². The Morgan fingerprint density at radius 2 is 2.06 bits per heavy atom. The minimum atomic E-state index is -4.14. The van der Waals surface area contributed by atoms with Crippen LogP contribution in [0.5, 0.6) is 0 Å². The van der Waals surface area contributed by atoms with Crippen LogP contribution in [-0.4, -0.2) is 17.8 Å². The van der Waals surface area contributed by atoms with Crippen molar-refractivity contribution in [2.45, 2.75) is 12.4 Å². The number of benzene rings is 1. The van der Waals surface area contributed by atoms with Crippen LogP contribution in [0.3, 0.4) is 0 Å². The van der Waals surface area contributed by atoms with E-state index in [9.17, 15) is 13.2 Å². The van der Waals surface area contributed by atoms with Crippen LogP contribution in [0.1, 0.15) is 5.56 Å². The van der Waals surface area contributed by atoms with Gasteiger partial charge >= 0.3 is 5.51 Å². The molecular formula is C10H11BrF3NS. The Balaban J connectivity index is 2.35. The minimum absolute atomic E-state index is 0.0116. The van der Waals surface area contributed by atoms with Gasteiger partial charge in [0.1, 0.15) is 0 Å². The lowest BCUT2D eigenvalue weighted by molar-refractivity contribution is -0.0327. The first kappa shape index (κ1) is 13.7. The summed E-state index contributed by atoms with van der Waals surface area (Å²) in [6.07, 6.45) is 0. The van der Waals surface area contributed by atoms with E-state index in [0.717, 1.165) is 15.7 Å². The zero-order valence-electron chi connectivity index (χ0n) is 8.57. The van der Waals surface area contributed by atoms with E-state index in [0.29, 0.717) is 6.54 Å². The standard InChI is InChI=1S/C10H11BrF3NS/c1-7-6-8(2-3-9(7)11)15-4-5-16-10(12,13)14/h2-3,6,15H,4-5H2,1H3. The summed E-state index contributed by atoms with van der Waals surface area (Å²) in [5.74, 6) is 0.0125. The monoisotopic (exact) mass is 313 g/mol. The summed E-state index contributed by atoms with van der Waals surface area (Å²) >= 11 is 3.35. The fourth-order valence-electron chi connectivity index (χ4n) is 1.12. The molecule has 1 aromatic rings. The summed E-state index contributed by atoms with van der Waals surface area (Å²) in [4.78, 5) is 0. The first-order valence-electron chi connectivity index (χ1n) is 4.59. The molecule has 0 heterocycles. The first-order chi connectivity index (χ1) is 7.38. The lowest BCUT2D eigenvalue weighted by atomic mass is 10.2. The highest BCUT2D eigenvalue weighted by atomic mass is 79.9. The molecule has 1 aromatic carbocycles. The van der Waals surface area contributed by atoms with E-state index < -0.39 is 5.51 Å². The second-order valence-corrected chi connectivity index (χ2v) is 5.20. The number of nitrogens with one attached hydrogen (secondary N) is 1. The number of hydrogen-bond acceptors (Lipinski definition) is 2. The van der Waals surface area contributed by atoms with Crippen molar-refractivity contribution < 1.29 is 13.2 Å². The fourth-order valence-corrected chi connectivity index (χ4v) is 1.80. The van der Waals surface area contributed by atoms with Crippen molar-refractivity contribution in [2.24, 2.45) is 0 Å². The van der Waals surface area contributed by atoms with Crippen molar-refractivity contribution in [2.75, 3.05) is 17.6 Å². The topological polar surface area (TPSA) is 12.0 Å². The molecule has 0 spiro atoms. The Kier molecular flexibility index (Phi) is 4.98. The Hall–Kier alpha value is -0.360. The average Bonchev–Trinajstić information content (AvgIpc) is 2.17. The predicted octanol–water partition coefficient (Wildman–Crippen LogP) is 4.42. The van der Waals surface area contributed by atoms with Crippen LogP contribution in [0, 0.1) is 6.92 Å². The number of alkyl halides is 3. The quantitative estimate of drug-likeness (QED) is 0.826. The highest BCUT2D eigenvalue weighted by Crippen LogP contribution is 2.29. The van der Waals surface area contributed by atoms with Crippen LogP contribution in [0.25, 0.3) is 0 Å². The average molecular weight is 314 g/mol. The Morgan fingerprint density at radius 1 is 1.38 bits per heavy atom. The van der Waals surface area contributed by atoms with Crippen molar-refractivity contribution in [3.05, 3.63) is 28.2 Å². The van der Waals surface area contributed by atoms with Gasteiger partial charge in [0, 0.05) is 22.5 Å². The van der Waals surface area contributed by atoms with Gasteiger partial charge in [-0.2, -0.15) is 13.2 Å². The molecule has 1 rings (SSSR count). The summed E-state index contributed by atoms with van der Waals surface area (Å²) in [5.41, 5.74) is -2.26. The zero-order chi connectivity index (χ0) is 12.2. The number of halogens is 4. The third kappa shape index (κ3) is 5.12. The molecule has 1 nitrogen and oxygen atoms in total. The molecule has 0 saturated carbocycles. The molecule has 0 saturated heterocycles. The largest absolute Gasteiger partial charge is 0.441 e. The van der Waals surface area contributed by atoms with Crippen molar-refractivity contribution in [1.82, 2.24) is 0 Å². The zero-order valence-corrected chi connectivity index (χ0v) is 11.0. The van der Waals surface area contributed by atoms with E-state index >= 15 is 0 Å². The Labute approximate surface area is 105 Å². The molecule has 0 aliphatic rings. The van der Waals surface area contributed by atoms with Crippen LogP contribution >= 0.6 is 27.7 Å². The van der Waals surface area contributed by atoms with E-state index in [1.54, 1.807) is 0 Å². The van der Waals surface area contributed by atoms with E-state index in [1.807, 2.05) is 25.1 Å². The molecule has 6 heteroatoms. The van der Waals surface area contributed by atoms with Gasteiger partial charge in [0.2, 0.25) is 0 Å². The van der Waals surface area contributed by atoms with Crippen molar-refractivity contribution >= 4 is 33.4 Å². The summed E-state index contributed by atoms with van der Waals surface area (Å²) in [6, 6.07) is 5.59. The molecule has 1 N–H and O–H groups in total. The van der Waals surface area contributed by atoms with E-state index in [1.165, 1.54) is 0 Å². The lowest BCUT2D eigenvalue weighted by Gasteiger charge is -2.09. The molecule has 0 radical (unpaired) electrons. The van der Waals surface area contributed by atoms with E-state index in [-0.39, 0.29) is 17.5 Å². The number of anilines is 1. The SMILES string of the molecule is Cc1cc(NCCSC(F)(F)F)ccc1Br. The second kappa shape index (κ2) is 5.82. The van der Waals surface area contributed by atoms with Crippen molar-refractivity contribution in [1.29, 1.82) is 0 Å². The van der Waals surface area contributed by atoms with Gasteiger partial charge in [-0.05, 0) is 42.4 Å². The van der Waals surface area contributed by atoms with Gasteiger partial charge in [0.05, 0.1) is 0 Å². The molecule has 90 valence electrons. The van der Waals surface area contributed by atoms with Crippen molar-refractivity contribution in [3.63, 3.8) is 0 Å². The van der Waals surface area contributed by atoms with E-state index in [2.05, 4.69) is 21.2 Å². The van der Waals surface area contributed by atoms with Crippen molar-refractivity contribution in [3.8, 4) is 0 Å². The molecule has 0 amide bonds. The molecule has 0 bridgehead atoms. The molecule has 0 atom stereocenters. The molecule has 0 aliphatic heterocycles. The maximum atomic E-state index is 11.8. The smallest absolute Gasteiger partial charge is 0.384 e. The molecule has 0 fully saturated rings. The van der Waals surface area contributed by atoms with E-state index in [4.69, 9.17) is 0 Å². The summed E-state index contributed by atoms with van der Waals surface area (Å²) in [6.45, 7) is 2.23. The Morgan fingerprint density at radius 3 is 2.62 bits per heavy atom. The fraction of sp³-hybridized carbons (Fsp3) is 0.400. The number of hydrogen-bond donors (Lipinski definition) is 1. The van der Waals surface area contributed by atoms with Gasteiger partial charge in [-0.25, -0.2) is 0 Å². The highest BCUT2D eigenvalue weighted by molar-refractivity contribution is 9.10. The van der Waals surface area contributed by atoms with Gasteiger partial charge in [0.15, 0.2) is 0 Å². The third-order valence-electron chi connectivity index (χ3n) is 1.85. The maximum Gasteiger partial charge on any atom is 0.441 e. The minimum Gasteiger partial charge on any atom is -0.384 e. The predicted molar refractivity (Wildman–Crippen MR) is 65.9 cm³/mol. The summed E-state index contributed by atoms with van der Waals surface area (Å²) < 4.78 is 36.5. The lowest BCUT2D eigenvalue weighted by Crippen LogP contribution is -2.09. The molecule has 0 aliphatic carbocycles. The normalized spacial score (nSPS) is 11.6. The molecule has 16 heavy (non-hydrogen) atoms. The van der Waals surface area contributed by atoms with Crippen LogP contribution in [0.15, 0.2) is 22.7 Å². The van der Waals surface area contributed by atoms with Crippen LogP contribution in [0.4, 0.5) is 18.9 Å². The van der Waals surface area contributed by atoms with Gasteiger partial charge < -0.3 is 5.32 Å². The Bertz CT molecular complexity index is 354. The highest BCUT2D eigenvalue weighted by Gasteiger charge is 2.27. The summed E-state index contributed by atoms with van der Waals surface area (Å²) in [7, 11) is 0. The molecular weight excluding hydrogens is 303 g/mol. The number of rotatable bonds is 4. The van der Waals surface area contributed by atoms with Gasteiger partial charge in [-0.3, -0.25) is 0 Å². The molecule has 0 unspecified atom stereocenters. The number of thioether (sulfide) groups is 1. The van der Waals surface area contributed by atoms with Gasteiger partial charge in [0.25, 0.3) is 0 Å².